The molecule has 1 atom stereocenters. The lowest BCUT2D eigenvalue weighted by molar-refractivity contribution is -0.137. The molecule has 2 aromatic carbocycles. The van der Waals surface area contributed by atoms with Crippen molar-refractivity contribution in [2.45, 2.75) is 39.3 Å². The zero-order valence-corrected chi connectivity index (χ0v) is 20.9. The van der Waals surface area contributed by atoms with Crippen LogP contribution in [0.15, 0.2) is 65.3 Å². The van der Waals surface area contributed by atoms with E-state index in [0.717, 1.165) is 49.6 Å². The van der Waals surface area contributed by atoms with Crippen LogP contribution in [-0.2, 0) is 17.9 Å². The molecule has 3 rings (SSSR count). The van der Waals surface area contributed by atoms with E-state index in [1.54, 1.807) is 20.0 Å². The van der Waals surface area contributed by atoms with E-state index in [0.29, 0.717) is 12.2 Å². The SMILES string of the molecule is CC#C[C@@H](CC(=O)O)c1ccc(OCc2ccc(CN3CCN(C=N/C=C(\C)C#N)CC3)cc2)cc1. The fourth-order valence-corrected chi connectivity index (χ4v) is 3.87. The molecule has 1 heterocycles. The summed E-state index contributed by atoms with van der Waals surface area (Å²) in [5, 5.41) is 17.9. The molecule has 2 aromatic rings. The first-order valence-corrected chi connectivity index (χ1v) is 12.0. The van der Waals surface area contributed by atoms with E-state index in [9.17, 15) is 4.79 Å². The van der Waals surface area contributed by atoms with Crippen LogP contribution in [0.3, 0.4) is 0 Å². The van der Waals surface area contributed by atoms with Crippen molar-refractivity contribution in [3.05, 3.63) is 77.0 Å². The van der Waals surface area contributed by atoms with Gasteiger partial charge < -0.3 is 14.7 Å². The first-order valence-electron chi connectivity index (χ1n) is 12.0. The predicted molar refractivity (Wildman–Crippen MR) is 140 cm³/mol. The minimum Gasteiger partial charge on any atom is -0.489 e. The Kier molecular flexibility index (Phi) is 10.1. The molecule has 0 aromatic heterocycles. The minimum atomic E-state index is -0.862. The number of carboxylic acids is 1. The van der Waals surface area contributed by atoms with E-state index in [4.69, 9.17) is 15.1 Å². The third-order valence-electron chi connectivity index (χ3n) is 5.90. The summed E-state index contributed by atoms with van der Waals surface area (Å²) in [5.41, 5.74) is 3.83. The number of nitriles is 1. The second-order valence-corrected chi connectivity index (χ2v) is 8.72. The number of carboxylic acid groups (broad SMARTS) is 1. The van der Waals surface area contributed by atoms with Crippen molar-refractivity contribution >= 4 is 12.3 Å². The largest absolute Gasteiger partial charge is 0.489 e. The quantitative estimate of drug-likeness (QED) is 0.232. The van der Waals surface area contributed by atoms with E-state index in [-0.39, 0.29) is 12.3 Å². The summed E-state index contributed by atoms with van der Waals surface area (Å²) in [6.07, 6.45) is 3.39. The number of carbonyl (C=O) groups is 1. The Bertz CT molecular complexity index is 1160. The van der Waals surface area contributed by atoms with Crippen LogP contribution in [0.1, 0.15) is 42.9 Å². The van der Waals surface area contributed by atoms with Gasteiger partial charge in [-0.3, -0.25) is 9.69 Å². The van der Waals surface area contributed by atoms with Gasteiger partial charge in [0.05, 0.1) is 24.7 Å². The van der Waals surface area contributed by atoms with E-state index in [1.165, 1.54) is 5.56 Å². The average molecular weight is 485 g/mol. The predicted octanol–water partition coefficient (Wildman–Crippen LogP) is 4.42. The molecule has 0 unspecified atom stereocenters. The molecule has 0 spiro atoms. The molecule has 1 saturated heterocycles. The van der Waals surface area contributed by atoms with Crippen LogP contribution < -0.4 is 4.74 Å². The van der Waals surface area contributed by atoms with Gasteiger partial charge in [-0.25, -0.2) is 4.99 Å². The highest BCUT2D eigenvalue weighted by Gasteiger charge is 2.15. The van der Waals surface area contributed by atoms with E-state index < -0.39 is 5.97 Å². The molecule has 0 bridgehead atoms. The van der Waals surface area contributed by atoms with Crippen LogP contribution in [0.4, 0.5) is 0 Å². The molecule has 36 heavy (non-hydrogen) atoms. The summed E-state index contributed by atoms with van der Waals surface area (Å²) >= 11 is 0. The maximum absolute atomic E-state index is 11.1. The van der Waals surface area contributed by atoms with Crippen LogP contribution in [0.25, 0.3) is 0 Å². The monoisotopic (exact) mass is 484 g/mol. The van der Waals surface area contributed by atoms with Gasteiger partial charge >= 0.3 is 5.97 Å². The lowest BCUT2D eigenvalue weighted by Crippen LogP contribution is -2.45. The molecule has 0 saturated carbocycles. The maximum Gasteiger partial charge on any atom is 0.304 e. The number of hydrogen-bond donors (Lipinski definition) is 1. The number of piperazine rings is 1. The summed E-state index contributed by atoms with van der Waals surface area (Å²) < 4.78 is 5.92. The molecule has 186 valence electrons. The number of ether oxygens (including phenoxy) is 1. The average Bonchev–Trinajstić information content (AvgIpc) is 2.89. The van der Waals surface area contributed by atoms with Crippen molar-refractivity contribution in [2.75, 3.05) is 26.2 Å². The van der Waals surface area contributed by atoms with Gasteiger partial charge in [0.2, 0.25) is 0 Å². The Labute approximate surface area is 213 Å². The molecule has 7 nitrogen and oxygen atoms in total. The second kappa shape index (κ2) is 13.7. The summed E-state index contributed by atoms with van der Waals surface area (Å²) in [5.74, 6) is 5.33. The highest BCUT2D eigenvalue weighted by atomic mass is 16.5. The standard InChI is InChI=1S/C29H32N4O3/c1-3-4-27(17-29(34)35)26-9-11-28(12-10-26)36-21-25-7-5-24(6-8-25)20-32-13-15-33(16-14-32)22-31-19-23(2)18-30/h5-12,19,22,27H,13-17,20-21H2,1-2H3,(H,34,35)/b23-19+,31-22?/t27-/m0/s1. The van der Waals surface area contributed by atoms with Crippen LogP contribution in [-0.4, -0.2) is 53.4 Å². The Morgan fingerprint density at radius 2 is 1.78 bits per heavy atom. The summed E-state index contributed by atoms with van der Waals surface area (Å²) in [6.45, 7) is 8.58. The van der Waals surface area contributed by atoms with Gasteiger partial charge in [-0.05, 0) is 42.7 Å². The van der Waals surface area contributed by atoms with Crippen molar-refractivity contribution in [3.8, 4) is 23.7 Å². The molecule has 1 fully saturated rings. The van der Waals surface area contributed by atoms with E-state index in [2.05, 4.69) is 57.0 Å². The molecule has 1 aliphatic rings. The van der Waals surface area contributed by atoms with E-state index in [1.807, 2.05) is 30.6 Å². The molecular formula is C29H32N4O3. The Morgan fingerprint density at radius 1 is 1.11 bits per heavy atom. The fraction of sp³-hybridized carbons (Fsp3) is 0.345. The normalized spacial score (nSPS) is 15.1. The van der Waals surface area contributed by atoms with Crippen LogP contribution in [0.2, 0.25) is 0 Å². The maximum atomic E-state index is 11.1. The number of allylic oxidation sites excluding steroid dienone is 1. The van der Waals surface area contributed by atoms with Gasteiger partial charge in [0.1, 0.15) is 12.4 Å². The molecular weight excluding hydrogens is 452 g/mol. The Morgan fingerprint density at radius 3 is 2.39 bits per heavy atom. The molecule has 1 N–H and O–H groups in total. The molecule has 0 aliphatic carbocycles. The summed E-state index contributed by atoms with van der Waals surface area (Å²) in [7, 11) is 0. The minimum absolute atomic E-state index is 0.0159. The Hall–Kier alpha value is -4.07. The number of rotatable bonds is 10. The van der Waals surface area contributed by atoms with E-state index >= 15 is 0 Å². The van der Waals surface area contributed by atoms with Gasteiger partial charge in [0.25, 0.3) is 0 Å². The zero-order valence-electron chi connectivity index (χ0n) is 20.9. The third-order valence-corrected chi connectivity index (χ3v) is 5.90. The lowest BCUT2D eigenvalue weighted by Gasteiger charge is -2.33. The third kappa shape index (κ3) is 8.61. The molecule has 0 radical (unpaired) electrons. The van der Waals surface area contributed by atoms with Gasteiger partial charge in [0, 0.05) is 44.5 Å². The van der Waals surface area contributed by atoms with Gasteiger partial charge in [-0.2, -0.15) is 5.26 Å². The van der Waals surface area contributed by atoms with Crippen molar-refractivity contribution in [3.63, 3.8) is 0 Å². The number of aliphatic imine (C=N–C) groups is 1. The summed E-state index contributed by atoms with van der Waals surface area (Å²) in [6, 6.07) is 18.0. The topological polar surface area (TPSA) is 89.2 Å². The number of benzene rings is 2. The first-order chi connectivity index (χ1) is 17.5. The number of hydrogen-bond acceptors (Lipinski definition) is 5. The van der Waals surface area contributed by atoms with Crippen LogP contribution in [0, 0.1) is 23.2 Å². The zero-order chi connectivity index (χ0) is 25.8. The Balaban J connectivity index is 1.45. The lowest BCUT2D eigenvalue weighted by atomic mass is 9.96. The first kappa shape index (κ1) is 26.5. The smallest absolute Gasteiger partial charge is 0.304 e. The molecule has 7 heteroatoms. The van der Waals surface area contributed by atoms with Crippen molar-refractivity contribution in [2.24, 2.45) is 4.99 Å². The fourth-order valence-electron chi connectivity index (χ4n) is 3.87. The van der Waals surface area contributed by atoms with Gasteiger partial charge in [-0.1, -0.05) is 42.3 Å². The second-order valence-electron chi connectivity index (χ2n) is 8.72. The highest BCUT2D eigenvalue weighted by Crippen LogP contribution is 2.23. The number of nitrogens with zero attached hydrogens (tertiary/aromatic N) is 4. The van der Waals surface area contributed by atoms with Crippen molar-refractivity contribution < 1.29 is 14.6 Å². The van der Waals surface area contributed by atoms with Crippen molar-refractivity contribution in [1.29, 1.82) is 5.26 Å². The van der Waals surface area contributed by atoms with Gasteiger partial charge in [-0.15, -0.1) is 5.92 Å². The van der Waals surface area contributed by atoms with Gasteiger partial charge in [0.15, 0.2) is 0 Å². The summed E-state index contributed by atoms with van der Waals surface area (Å²) in [4.78, 5) is 19.9. The highest BCUT2D eigenvalue weighted by molar-refractivity contribution is 5.69. The number of aliphatic carboxylic acids is 1. The van der Waals surface area contributed by atoms with Crippen LogP contribution >= 0.6 is 0 Å². The van der Waals surface area contributed by atoms with Crippen LogP contribution in [0.5, 0.6) is 5.75 Å². The van der Waals surface area contributed by atoms with Crippen molar-refractivity contribution in [1.82, 2.24) is 9.80 Å². The molecule has 1 aliphatic heterocycles. The molecule has 0 amide bonds.